The number of hydrogen-bond acceptors (Lipinski definition) is 3. The van der Waals surface area contributed by atoms with Crippen molar-refractivity contribution in [2.75, 3.05) is 0 Å². The van der Waals surface area contributed by atoms with Gasteiger partial charge in [0.05, 0.1) is 0 Å². The first-order valence-corrected chi connectivity index (χ1v) is 8.22. The summed E-state index contributed by atoms with van der Waals surface area (Å²) in [5.74, 6) is -1.42. The molecule has 0 radical (unpaired) electrons. The molecule has 3 aromatic carbocycles. The van der Waals surface area contributed by atoms with Crippen LogP contribution in [0, 0.1) is 0 Å². The summed E-state index contributed by atoms with van der Waals surface area (Å²) in [7, 11) is 0. The topological polar surface area (TPSA) is 55.8 Å². The minimum atomic E-state index is -4.81. The van der Waals surface area contributed by atoms with Crippen LogP contribution >= 0.6 is 0 Å². The van der Waals surface area contributed by atoms with Crippen molar-refractivity contribution in [3.05, 3.63) is 83.9 Å². The van der Waals surface area contributed by atoms with E-state index in [-0.39, 0.29) is 23.7 Å². The summed E-state index contributed by atoms with van der Waals surface area (Å²) in [4.78, 5) is 11.6. The zero-order chi connectivity index (χ0) is 20.1. The van der Waals surface area contributed by atoms with Crippen LogP contribution in [0.1, 0.15) is 15.9 Å². The second-order valence-electron chi connectivity index (χ2n) is 5.87. The molecule has 0 fully saturated rings. The van der Waals surface area contributed by atoms with Gasteiger partial charge in [-0.15, -0.1) is 13.2 Å². The SMILES string of the molecule is O=C(O)c1cc(-c2cccc(OC(F)(F)F)c2)ccc1OCc1ccccc1. The van der Waals surface area contributed by atoms with Crippen molar-refractivity contribution in [2.24, 2.45) is 0 Å². The highest BCUT2D eigenvalue weighted by molar-refractivity contribution is 5.92. The Morgan fingerprint density at radius 1 is 0.893 bits per heavy atom. The maximum absolute atomic E-state index is 12.4. The Balaban J connectivity index is 1.86. The predicted octanol–water partition coefficient (Wildman–Crippen LogP) is 5.53. The lowest BCUT2D eigenvalue weighted by molar-refractivity contribution is -0.274. The number of rotatable bonds is 6. The number of carbonyl (C=O) groups is 1. The molecule has 4 nitrogen and oxygen atoms in total. The third kappa shape index (κ3) is 5.03. The fourth-order valence-electron chi connectivity index (χ4n) is 2.61. The quantitative estimate of drug-likeness (QED) is 0.603. The molecular formula is C21H15F3O4. The molecule has 0 aliphatic carbocycles. The summed E-state index contributed by atoms with van der Waals surface area (Å²) >= 11 is 0. The van der Waals surface area contributed by atoms with E-state index >= 15 is 0 Å². The van der Waals surface area contributed by atoms with Crippen LogP contribution in [0.2, 0.25) is 0 Å². The normalized spacial score (nSPS) is 11.1. The smallest absolute Gasteiger partial charge is 0.488 e. The lowest BCUT2D eigenvalue weighted by Gasteiger charge is -2.13. The van der Waals surface area contributed by atoms with Crippen molar-refractivity contribution in [3.8, 4) is 22.6 Å². The van der Waals surface area contributed by atoms with E-state index < -0.39 is 12.3 Å². The van der Waals surface area contributed by atoms with Crippen LogP contribution in [0.4, 0.5) is 13.2 Å². The van der Waals surface area contributed by atoms with E-state index in [0.717, 1.165) is 5.56 Å². The highest BCUT2D eigenvalue weighted by Gasteiger charge is 2.31. The molecular weight excluding hydrogens is 373 g/mol. The van der Waals surface area contributed by atoms with Crippen molar-refractivity contribution in [3.63, 3.8) is 0 Å². The molecule has 0 saturated heterocycles. The molecule has 0 aromatic heterocycles. The van der Waals surface area contributed by atoms with Crippen molar-refractivity contribution in [2.45, 2.75) is 13.0 Å². The Bertz CT molecular complexity index is 969. The second kappa shape index (κ2) is 8.04. The van der Waals surface area contributed by atoms with Gasteiger partial charge in [-0.3, -0.25) is 0 Å². The average Bonchev–Trinajstić information content (AvgIpc) is 2.66. The number of ether oxygens (including phenoxy) is 2. The zero-order valence-electron chi connectivity index (χ0n) is 14.4. The first-order valence-electron chi connectivity index (χ1n) is 8.22. The van der Waals surface area contributed by atoms with E-state index in [4.69, 9.17) is 4.74 Å². The van der Waals surface area contributed by atoms with E-state index in [9.17, 15) is 23.1 Å². The van der Waals surface area contributed by atoms with Crippen LogP contribution in [-0.2, 0) is 6.61 Å². The lowest BCUT2D eigenvalue weighted by atomic mass is 10.0. The molecule has 0 bridgehead atoms. The Labute approximate surface area is 158 Å². The van der Waals surface area contributed by atoms with Crippen LogP contribution in [0.3, 0.4) is 0 Å². The molecule has 7 heteroatoms. The highest BCUT2D eigenvalue weighted by atomic mass is 19.4. The van der Waals surface area contributed by atoms with Gasteiger partial charge in [0.15, 0.2) is 0 Å². The summed E-state index contributed by atoms with van der Waals surface area (Å²) in [5.41, 5.74) is 1.60. The number of benzene rings is 3. The molecule has 0 amide bonds. The molecule has 0 unspecified atom stereocenters. The molecule has 1 N–H and O–H groups in total. The minimum absolute atomic E-state index is 0.0874. The summed E-state index contributed by atoms with van der Waals surface area (Å²) in [6.45, 7) is 0.190. The van der Waals surface area contributed by atoms with Gasteiger partial charge in [0.25, 0.3) is 0 Å². The lowest BCUT2D eigenvalue weighted by Crippen LogP contribution is -2.17. The number of carboxylic acid groups (broad SMARTS) is 1. The number of alkyl halides is 3. The van der Waals surface area contributed by atoms with Crippen molar-refractivity contribution in [1.82, 2.24) is 0 Å². The molecule has 0 heterocycles. The minimum Gasteiger partial charge on any atom is -0.488 e. The number of halogens is 3. The summed E-state index contributed by atoms with van der Waals surface area (Å²) in [5, 5.41) is 9.49. The van der Waals surface area contributed by atoms with Crippen LogP contribution in [0.25, 0.3) is 11.1 Å². The van der Waals surface area contributed by atoms with Crippen molar-refractivity contribution in [1.29, 1.82) is 0 Å². The Hall–Kier alpha value is -3.48. The van der Waals surface area contributed by atoms with Gasteiger partial charge in [-0.2, -0.15) is 0 Å². The van der Waals surface area contributed by atoms with E-state index in [0.29, 0.717) is 11.1 Å². The monoisotopic (exact) mass is 388 g/mol. The molecule has 3 rings (SSSR count). The first-order chi connectivity index (χ1) is 13.3. The fraction of sp³-hybridized carbons (Fsp3) is 0.0952. The maximum atomic E-state index is 12.4. The van der Waals surface area contributed by atoms with Gasteiger partial charge < -0.3 is 14.6 Å². The van der Waals surface area contributed by atoms with Gasteiger partial charge >= 0.3 is 12.3 Å². The van der Waals surface area contributed by atoms with Gasteiger partial charge in [-0.05, 0) is 41.0 Å². The van der Waals surface area contributed by atoms with Crippen LogP contribution in [-0.4, -0.2) is 17.4 Å². The summed E-state index contributed by atoms with van der Waals surface area (Å²) in [6.07, 6.45) is -4.81. The van der Waals surface area contributed by atoms with Crippen LogP contribution in [0.15, 0.2) is 72.8 Å². The van der Waals surface area contributed by atoms with Crippen molar-refractivity contribution >= 4 is 5.97 Å². The highest BCUT2D eigenvalue weighted by Crippen LogP contribution is 2.31. The van der Waals surface area contributed by atoms with Gasteiger partial charge in [0.1, 0.15) is 23.7 Å². The molecule has 3 aromatic rings. The molecule has 28 heavy (non-hydrogen) atoms. The van der Waals surface area contributed by atoms with Gasteiger partial charge in [0, 0.05) is 0 Å². The molecule has 0 atom stereocenters. The number of carboxylic acids is 1. The van der Waals surface area contributed by atoms with E-state index in [1.54, 1.807) is 12.1 Å². The van der Waals surface area contributed by atoms with Crippen LogP contribution in [0.5, 0.6) is 11.5 Å². The van der Waals surface area contributed by atoms with Crippen molar-refractivity contribution < 1.29 is 32.5 Å². The van der Waals surface area contributed by atoms with Gasteiger partial charge in [-0.25, -0.2) is 4.79 Å². The second-order valence-corrected chi connectivity index (χ2v) is 5.87. The Morgan fingerprint density at radius 2 is 1.61 bits per heavy atom. The third-order valence-corrected chi connectivity index (χ3v) is 3.85. The molecule has 0 spiro atoms. The summed E-state index contributed by atoms with van der Waals surface area (Å²) in [6, 6.07) is 19.0. The fourth-order valence-corrected chi connectivity index (χ4v) is 2.61. The van der Waals surface area contributed by atoms with Gasteiger partial charge in [0.2, 0.25) is 0 Å². The van der Waals surface area contributed by atoms with Gasteiger partial charge in [-0.1, -0.05) is 48.5 Å². The number of hydrogen-bond donors (Lipinski definition) is 1. The Kier molecular flexibility index (Phi) is 5.54. The molecule has 0 saturated carbocycles. The standard InChI is InChI=1S/C21H15F3O4/c22-21(23,24)28-17-8-4-7-15(11-17)16-9-10-19(18(12-16)20(25)26)27-13-14-5-2-1-3-6-14/h1-12H,13H2,(H,25,26). The maximum Gasteiger partial charge on any atom is 0.573 e. The van der Waals surface area contributed by atoms with Crippen LogP contribution < -0.4 is 9.47 Å². The van der Waals surface area contributed by atoms with E-state index in [1.807, 2.05) is 30.3 Å². The van der Waals surface area contributed by atoms with E-state index in [1.165, 1.54) is 30.3 Å². The summed E-state index contributed by atoms with van der Waals surface area (Å²) < 4.78 is 46.7. The zero-order valence-corrected chi connectivity index (χ0v) is 14.4. The molecule has 0 aliphatic rings. The molecule has 144 valence electrons. The largest absolute Gasteiger partial charge is 0.573 e. The molecule has 0 aliphatic heterocycles. The predicted molar refractivity (Wildman–Crippen MR) is 96.3 cm³/mol. The average molecular weight is 388 g/mol. The van der Waals surface area contributed by atoms with E-state index in [2.05, 4.69) is 4.74 Å². The first kappa shape index (κ1) is 19.3. The third-order valence-electron chi connectivity index (χ3n) is 3.85. The number of aromatic carboxylic acids is 1. The Morgan fingerprint density at radius 3 is 2.29 bits per heavy atom.